The number of hydrogen-bond acceptors (Lipinski definition) is 6. The first kappa shape index (κ1) is 17.7. The largest absolute Gasteiger partial charge is 0.389 e. The predicted octanol–water partition coefficient (Wildman–Crippen LogP) is 3.32. The van der Waals surface area contributed by atoms with Gasteiger partial charge in [0.15, 0.2) is 0 Å². The third kappa shape index (κ3) is 3.71. The van der Waals surface area contributed by atoms with Gasteiger partial charge in [0, 0.05) is 42.4 Å². The summed E-state index contributed by atoms with van der Waals surface area (Å²) >= 11 is 0. The van der Waals surface area contributed by atoms with Crippen molar-refractivity contribution in [2.75, 3.05) is 18.0 Å². The lowest BCUT2D eigenvalue weighted by Gasteiger charge is -2.38. The summed E-state index contributed by atoms with van der Waals surface area (Å²) in [6, 6.07) is 11.9. The van der Waals surface area contributed by atoms with Crippen LogP contribution in [0.1, 0.15) is 29.9 Å². The number of aromatic nitrogens is 3. The van der Waals surface area contributed by atoms with E-state index in [0.717, 1.165) is 47.2 Å². The van der Waals surface area contributed by atoms with Gasteiger partial charge in [-0.1, -0.05) is 35.5 Å². The van der Waals surface area contributed by atoms with E-state index in [1.54, 1.807) is 6.33 Å². The molecule has 0 radical (unpaired) electrons. The maximum absolute atomic E-state index is 11.0. The fourth-order valence-electron chi connectivity index (χ4n) is 3.62. The normalized spacial score (nSPS) is 16.5. The average molecular weight is 364 g/mol. The van der Waals surface area contributed by atoms with E-state index in [4.69, 9.17) is 4.52 Å². The second kappa shape index (κ2) is 7.12. The van der Waals surface area contributed by atoms with E-state index in [1.165, 1.54) is 0 Å². The summed E-state index contributed by atoms with van der Waals surface area (Å²) in [6.07, 6.45) is 3.41. The molecule has 1 aliphatic heterocycles. The molecule has 6 heteroatoms. The van der Waals surface area contributed by atoms with Gasteiger partial charge in [-0.25, -0.2) is 9.97 Å². The molecule has 3 aromatic rings. The molecular formula is C21H24N4O2. The van der Waals surface area contributed by atoms with Gasteiger partial charge in [-0.2, -0.15) is 0 Å². The van der Waals surface area contributed by atoms with E-state index in [9.17, 15) is 5.11 Å². The maximum atomic E-state index is 11.0. The Morgan fingerprint density at radius 1 is 1.11 bits per heavy atom. The number of benzene rings is 1. The molecule has 0 spiro atoms. The van der Waals surface area contributed by atoms with Crippen molar-refractivity contribution in [2.24, 2.45) is 0 Å². The Hall–Kier alpha value is -2.73. The summed E-state index contributed by atoms with van der Waals surface area (Å²) in [6.45, 7) is 5.56. The van der Waals surface area contributed by atoms with Crippen LogP contribution in [0.4, 0.5) is 5.82 Å². The monoisotopic (exact) mass is 364 g/mol. The van der Waals surface area contributed by atoms with Crippen molar-refractivity contribution in [3.05, 3.63) is 59.7 Å². The third-order valence-corrected chi connectivity index (χ3v) is 5.44. The highest BCUT2D eigenvalue weighted by Crippen LogP contribution is 2.31. The van der Waals surface area contributed by atoms with Crippen molar-refractivity contribution in [3.63, 3.8) is 0 Å². The lowest BCUT2D eigenvalue weighted by molar-refractivity contribution is 0.0108. The number of rotatable bonds is 4. The summed E-state index contributed by atoms with van der Waals surface area (Å²) in [4.78, 5) is 10.9. The molecule has 1 saturated heterocycles. The van der Waals surface area contributed by atoms with E-state index in [0.29, 0.717) is 19.3 Å². The van der Waals surface area contributed by atoms with Gasteiger partial charge in [-0.05, 0) is 26.7 Å². The van der Waals surface area contributed by atoms with Gasteiger partial charge in [0.1, 0.15) is 23.6 Å². The molecule has 0 bridgehead atoms. The molecule has 27 heavy (non-hydrogen) atoms. The van der Waals surface area contributed by atoms with E-state index < -0.39 is 5.60 Å². The molecular weight excluding hydrogens is 340 g/mol. The summed E-state index contributed by atoms with van der Waals surface area (Å²) in [7, 11) is 0. The molecule has 1 aliphatic rings. The minimum atomic E-state index is -0.778. The Bertz CT molecular complexity index is 915. The van der Waals surface area contributed by atoms with Crippen molar-refractivity contribution in [2.45, 2.75) is 38.7 Å². The van der Waals surface area contributed by atoms with Gasteiger partial charge in [0.25, 0.3) is 0 Å². The van der Waals surface area contributed by atoms with Crippen molar-refractivity contribution in [3.8, 4) is 11.3 Å². The van der Waals surface area contributed by atoms with E-state index in [1.807, 2.05) is 50.2 Å². The summed E-state index contributed by atoms with van der Waals surface area (Å²) < 4.78 is 5.49. The van der Waals surface area contributed by atoms with Gasteiger partial charge in [0.05, 0.1) is 5.60 Å². The smallest absolute Gasteiger partial charge is 0.140 e. The van der Waals surface area contributed by atoms with Crippen molar-refractivity contribution in [1.82, 2.24) is 15.1 Å². The Morgan fingerprint density at radius 2 is 1.85 bits per heavy atom. The minimum absolute atomic E-state index is 0.475. The quantitative estimate of drug-likeness (QED) is 0.765. The van der Waals surface area contributed by atoms with Crippen molar-refractivity contribution < 1.29 is 9.63 Å². The second-order valence-electron chi connectivity index (χ2n) is 7.34. The molecule has 0 amide bonds. The van der Waals surface area contributed by atoms with E-state index in [-0.39, 0.29) is 0 Å². The molecule has 0 saturated carbocycles. The van der Waals surface area contributed by atoms with Crippen LogP contribution in [-0.4, -0.2) is 38.9 Å². The number of piperidine rings is 1. The predicted molar refractivity (Wildman–Crippen MR) is 104 cm³/mol. The van der Waals surface area contributed by atoms with Gasteiger partial charge in [-0.3, -0.25) is 0 Å². The maximum Gasteiger partial charge on any atom is 0.140 e. The van der Waals surface area contributed by atoms with Gasteiger partial charge >= 0.3 is 0 Å². The number of anilines is 1. The zero-order chi connectivity index (χ0) is 18.9. The van der Waals surface area contributed by atoms with Crippen LogP contribution < -0.4 is 4.90 Å². The Kier molecular flexibility index (Phi) is 4.66. The lowest BCUT2D eigenvalue weighted by Crippen LogP contribution is -2.46. The van der Waals surface area contributed by atoms with Crippen LogP contribution in [0, 0.1) is 13.8 Å². The van der Waals surface area contributed by atoms with Crippen LogP contribution in [-0.2, 0) is 6.42 Å². The molecule has 0 atom stereocenters. The Labute approximate surface area is 158 Å². The molecule has 0 unspecified atom stereocenters. The van der Waals surface area contributed by atoms with E-state index in [2.05, 4.69) is 20.0 Å². The molecule has 3 heterocycles. The van der Waals surface area contributed by atoms with Gasteiger partial charge in [-0.15, -0.1) is 0 Å². The Morgan fingerprint density at radius 3 is 2.59 bits per heavy atom. The first-order valence-corrected chi connectivity index (χ1v) is 9.31. The number of aliphatic hydroxyl groups is 1. The summed E-state index contributed by atoms with van der Waals surface area (Å²) in [5, 5.41) is 15.2. The minimum Gasteiger partial charge on any atom is -0.389 e. The van der Waals surface area contributed by atoms with Crippen LogP contribution in [0.3, 0.4) is 0 Å². The fourth-order valence-corrected chi connectivity index (χ4v) is 3.62. The highest BCUT2D eigenvalue weighted by molar-refractivity contribution is 5.58. The van der Waals surface area contributed by atoms with Crippen LogP contribution in [0.5, 0.6) is 0 Å². The number of nitrogens with zero attached hydrogens (tertiary/aromatic N) is 4. The second-order valence-corrected chi connectivity index (χ2v) is 7.34. The zero-order valence-electron chi connectivity index (χ0n) is 15.7. The first-order valence-electron chi connectivity index (χ1n) is 9.31. The van der Waals surface area contributed by atoms with Crippen molar-refractivity contribution >= 4 is 5.82 Å². The number of hydrogen-bond donors (Lipinski definition) is 1. The van der Waals surface area contributed by atoms with E-state index >= 15 is 0 Å². The Balaban J connectivity index is 1.43. The standard InChI is InChI=1S/C21H24N4O2/c1-15-16(2)22-14-23-20(15)25-10-8-21(26,9-11-25)13-18-12-19(24-27-18)17-6-4-3-5-7-17/h3-7,12,14,26H,8-11,13H2,1-2H3. The first-order chi connectivity index (χ1) is 13.0. The van der Waals surface area contributed by atoms with Crippen LogP contribution in [0.25, 0.3) is 11.3 Å². The topological polar surface area (TPSA) is 75.3 Å². The summed E-state index contributed by atoms with van der Waals surface area (Å²) in [5.41, 5.74) is 3.14. The summed E-state index contributed by atoms with van der Waals surface area (Å²) in [5.74, 6) is 1.69. The van der Waals surface area contributed by atoms with Gasteiger partial charge < -0.3 is 14.5 Å². The molecule has 1 aromatic carbocycles. The lowest BCUT2D eigenvalue weighted by atomic mass is 9.87. The molecule has 1 fully saturated rings. The fraction of sp³-hybridized carbons (Fsp3) is 0.381. The van der Waals surface area contributed by atoms with Crippen molar-refractivity contribution in [1.29, 1.82) is 0 Å². The van der Waals surface area contributed by atoms with Crippen LogP contribution in [0.15, 0.2) is 47.2 Å². The number of aryl methyl sites for hydroxylation is 1. The zero-order valence-corrected chi connectivity index (χ0v) is 15.7. The molecule has 0 aliphatic carbocycles. The molecule has 6 nitrogen and oxygen atoms in total. The van der Waals surface area contributed by atoms with Crippen LogP contribution in [0.2, 0.25) is 0 Å². The molecule has 4 rings (SSSR count). The third-order valence-electron chi connectivity index (χ3n) is 5.44. The SMILES string of the molecule is Cc1ncnc(N2CCC(O)(Cc3cc(-c4ccccc4)no3)CC2)c1C. The highest BCUT2D eigenvalue weighted by atomic mass is 16.5. The molecule has 2 aromatic heterocycles. The average Bonchev–Trinajstić information content (AvgIpc) is 3.13. The molecule has 140 valence electrons. The van der Waals surface area contributed by atoms with Crippen LogP contribution >= 0.6 is 0 Å². The molecule has 1 N–H and O–H groups in total. The highest BCUT2D eigenvalue weighted by Gasteiger charge is 2.34. The van der Waals surface area contributed by atoms with Gasteiger partial charge in [0.2, 0.25) is 0 Å².